The van der Waals surface area contributed by atoms with E-state index in [1.165, 1.54) is 0 Å². The van der Waals surface area contributed by atoms with Gasteiger partial charge in [-0.15, -0.1) is 0 Å². The summed E-state index contributed by atoms with van der Waals surface area (Å²) in [6.07, 6.45) is 0. The molecule has 1 aromatic heterocycles. The standard InChI is InChI=1S/C29H20O2/c30-27-19-28(25-15-11-23(12-16-25)21-7-3-1-4-8-21)31-29(20-27)26-17-13-24(14-18-26)22-9-5-2-6-10-22/h1-20H. The Kier molecular flexibility index (Phi) is 5.04. The van der Waals surface area contributed by atoms with Gasteiger partial charge >= 0.3 is 0 Å². The highest BCUT2D eigenvalue weighted by molar-refractivity contribution is 5.71. The molecule has 31 heavy (non-hydrogen) atoms. The lowest BCUT2D eigenvalue weighted by Crippen LogP contribution is -1.98. The highest BCUT2D eigenvalue weighted by Crippen LogP contribution is 2.29. The van der Waals surface area contributed by atoms with Crippen molar-refractivity contribution >= 4 is 0 Å². The van der Waals surface area contributed by atoms with Gasteiger partial charge in [0, 0.05) is 23.3 Å². The van der Waals surface area contributed by atoms with Gasteiger partial charge in [0.05, 0.1) is 0 Å². The maximum Gasteiger partial charge on any atom is 0.186 e. The highest BCUT2D eigenvalue weighted by Gasteiger charge is 2.08. The lowest BCUT2D eigenvalue weighted by molar-refractivity contribution is 0.580. The lowest BCUT2D eigenvalue weighted by Gasteiger charge is -2.08. The first-order valence-corrected chi connectivity index (χ1v) is 10.2. The average Bonchev–Trinajstić information content (AvgIpc) is 2.85. The van der Waals surface area contributed by atoms with Crippen molar-refractivity contribution in [3.8, 4) is 44.9 Å². The summed E-state index contributed by atoms with van der Waals surface area (Å²) in [4.78, 5) is 12.4. The van der Waals surface area contributed by atoms with E-state index in [-0.39, 0.29) is 5.43 Å². The van der Waals surface area contributed by atoms with Crippen LogP contribution in [-0.2, 0) is 0 Å². The van der Waals surface area contributed by atoms with E-state index in [1.54, 1.807) is 12.1 Å². The molecule has 0 unspecified atom stereocenters. The van der Waals surface area contributed by atoms with Gasteiger partial charge in [-0.2, -0.15) is 0 Å². The fourth-order valence-corrected chi connectivity index (χ4v) is 3.68. The minimum atomic E-state index is -0.0736. The van der Waals surface area contributed by atoms with Crippen molar-refractivity contribution in [1.82, 2.24) is 0 Å². The molecule has 0 aliphatic heterocycles. The average molecular weight is 400 g/mol. The van der Waals surface area contributed by atoms with Gasteiger partial charge in [-0.3, -0.25) is 4.79 Å². The van der Waals surface area contributed by atoms with Crippen LogP contribution in [0.25, 0.3) is 44.9 Å². The van der Waals surface area contributed by atoms with Crippen LogP contribution in [0.4, 0.5) is 0 Å². The third-order valence-electron chi connectivity index (χ3n) is 5.32. The second-order valence-corrected chi connectivity index (χ2v) is 7.41. The summed E-state index contributed by atoms with van der Waals surface area (Å²) in [6, 6.07) is 39.6. The summed E-state index contributed by atoms with van der Waals surface area (Å²) < 4.78 is 6.12. The van der Waals surface area contributed by atoms with Crippen LogP contribution in [0.2, 0.25) is 0 Å². The molecule has 0 spiro atoms. The first kappa shape index (κ1) is 18.8. The van der Waals surface area contributed by atoms with Crippen LogP contribution in [0.15, 0.2) is 131 Å². The van der Waals surface area contributed by atoms with Crippen molar-refractivity contribution in [2.75, 3.05) is 0 Å². The summed E-state index contributed by atoms with van der Waals surface area (Å²) >= 11 is 0. The predicted octanol–water partition coefficient (Wildman–Crippen LogP) is 7.31. The van der Waals surface area contributed by atoms with E-state index in [4.69, 9.17) is 4.42 Å². The summed E-state index contributed by atoms with van der Waals surface area (Å²) in [5.41, 5.74) is 6.24. The molecule has 0 radical (unpaired) electrons. The zero-order chi connectivity index (χ0) is 21.0. The van der Waals surface area contributed by atoms with Gasteiger partial charge < -0.3 is 4.42 Å². The van der Waals surface area contributed by atoms with E-state index in [1.807, 2.05) is 84.9 Å². The monoisotopic (exact) mass is 400 g/mol. The quantitative estimate of drug-likeness (QED) is 0.317. The lowest BCUT2D eigenvalue weighted by atomic mass is 10.0. The van der Waals surface area contributed by atoms with Crippen molar-refractivity contribution in [2.24, 2.45) is 0 Å². The predicted molar refractivity (Wildman–Crippen MR) is 127 cm³/mol. The van der Waals surface area contributed by atoms with Gasteiger partial charge in [-0.25, -0.2) is 0 Å². The Morgan fingerprint density at radius 2 is 0.710 bits per heavy atom. The fourth-order valence-electron chi connectivity index (χ4n) is 3.68. The molecule has 0 aliphatic rings. The molecule has 1 heterocycles. The molecule has 0 amide bonds. The van der Waals surface area contributed by atoms with Gasteiger partial charge in [0.1, 0.15) is 11.5 Å². The van der Waals surface area contributed by atoms with Gasteiger partial charge in [-0.1, -0.05) is 109 Å². The van der Waals surface area contributed by atoms with Crippen molar-refractivity contribution < 1.29 is 4.42 Å². The van der Waals surface area contributed by atoms with E-state index < -0.39 is 0 Å². The topological polar surface area (TPSA) is 30.2 Å². The Hall–Kier alpha value is -4.17. The second kappa shape index (κ2) is 8.29. The molecule has 0 atom stereocenters. The molecule has 5 rings (SSSR count). The summed E-state index contributed by atoms with van der Waals surface area (Å²) in [5.74, 6) is 1.13. The summed E-state index contributed by atoms with van der Waals surface area (Å²) in [6.45, 7) is 0. The third-order valence-corrected chi connectivity index (χ3v) is 5.32. The fraction of sp³-hybridized carbons (Fsp3) is 0. The Morgan fingerprint density at radius 1 is 0.387 bits per heavy atom. The summed E-state index contributed by atoms with van der Waals surface area (Å²) in [7, 11) is 0. The van der Waals surface area contributed by atoms with Crippen LogP contribution >= 0.6 is 0 Å². The smallest absolute Gasteiger partial charge is 0.186 e. The van der Waals surface area contributed by atoms with Gasteiger partial charge in [0.2, 0.25) is 0 Å². The van der Waals surface area contributed by atoms with Crippen LogP contribution in [0.1, 0.15) is 0 Å². The normalized spacial score (nSPS) is 10.7. The molecule has 0 aliphatic carbocycles. The van der Waals surface area contributed by atoms with Crippen molar-refractivity contribution in [3.63, 3.8) is 0 Å². The Balaban J connectivity index is 1.46. The minimum absolute atomic E-state index is 0.0736. The molecule has 2 heteroatoms. The van der Waals surface area contributed by atoms with E-state index in [0.29, 0.717) is 11.5 Å². The minimum Gasteiger partial charge on any atom is -0.456 e. The third kappa shape index (κ3) is 4.10. The first-order chi connectivity index (χ1) is 15.3. The molecule has 5 aromatic rings. The SMILES string of the molecule is O=c1cc(-c2ccc(-c3ccccc3)cc2)oc(-c2ccc(-c3ccccc3)cc2)c1. The second-order valence-electron chi connectivity index (χ2n) is 7.41. The van der Waals surface area contributed by atoms with E-state index in [0.717, 1.165) is 33.4 Å². The van der Waals surface area contributed by atoms with Crippen LogP contribution in [0.3, 0.4) is 0 Å². The zero-order valence-corrected chi connectivity index (χ0v) is 16.9. The van der Waals surface area contributed by atoms with E-state index in [9.17, 15) is 4.79 Å². The first-order valence-electron chi connectivity index (χ1n) is 10.2. The molecule has 148 valence electrons. The molecule has 4 aromatic carbocycles. The summed E-state index contributed by atoms with van der Waals surface area (Å²) in [5, 5.41) is 0. The van der Waals surface area contributed by atoms with Crippen molar-refractivity contribution in [3.05, 3.63) is 132 Å². The Morgan fingerprint density at radius 3 is 1.10 bits per heavy atom. The zero-order valence-electron chi connectivity index (χ0n) is 16.9. The molecule has 0 saturated heterocycles. The van der Waals surface area contributed by atoms with Crippen LogP contribution in [-0.4, -0.2) is 0 Å². The van der Waals surface area contributed by atoms with Gasteiger partial charge in [0.25, 0.3) is 0 Å². The molecule has 0 bridgehead atoms. The Labute approximate surface area is 181 Å². The molecule has 0 N–H and O–H groups in total. The van der Waals surface area contributed by atoms with E-state index >= 15 is 0 Å². The maximum absolute atomic E-state index is 12.4. The van der Waals surface area contributed by atoms with Crippen LogP contribution in [0, 0.1) is 0 Å². The van der Waals surface area contributed by atoms with Crippen molar-refractivity contribution in [1.29, 1.82) is 0 Å². The number of hydrogen-bond donors (Lipinski definition) is 0. The molecule has 0 fully saturated rings. The van der Waals surface area contributed by atoms with Gasteiger partial charge in [-0.05, 0) is 22.3 Å². The van der Waals surface area contributed by atoms with Crippen molar-refractivity contribution in [2.45, 2.75) is 0 Å². The number of hydrogen-bond acceptors (Lipinski definition) is 2. The molecular weight excluding hydrogens is 380 g/mol. The largest absolute Gasteiger partial charge is 0.456 e. The maximum atomic E-state index is 12.4. The number of rotatable bonds is 4. The molecule has 2 nitrogen and oxygen atoms in total. The Bertz CT molecular complexity index is 1240. The van der Waals surface area contributed by atoms with E-state index in [2.05, 4.69) is 24.3 Å². The van der Waals surface area contributed by atoms with Gasteiger partial charge in [0.15, 0.2) is 5.43 Å². The van der Waals surface area contributed by atoms with Crippen LogP contribution in [0.5, 0.6) is 0 Å². The van der Waals surface area contributed by atoms with Crippen LogP contribution < -0.4 is 5.43 Å². The molecule has 0 saturated carbocycles. The number of benzene rings is 4. The molecular formula is C29H20O2. The highest BCUT2D eigenvalue weighted by atomic mass is 16.3.